The SMILES string of the molecule is O=C(NCC1CCN(Cc2ccc(F)cc2)CC1)c1cncc(NC(=O)c2ccnc(NC(=O)C3CC3)c2)c1. The van der Waals surface area contributed by atoms with Gasteiger partial charge in [0.15, 0.2) is 0 Å². The van der Waals surface area contributed by atoms with Crippen LogP contribution in [0.3, 0.4) is 0 Å². The van der Waals surface area contributed by atoms with Gasteiger partial charge in [0.05, 0.1) is 17.4 Å². The zero-order valence-electron chi connectivity index (χ0n) is 21.5. The summed E-state index contributed by atoms with van der Waals surface area (Å²) >= 11 is 0. The molecule has 3 N–H and O–H groups in total. The van der Waals surface area contributed by atoms with E-state index in [1.165, 1.54) is 36.8 Å². The van der Waals surface area contributed by atoms with Crippen LogP contribution >= 0.6 is 0 Å². The van der Waals surface area contributed by atoms with E-state index in [-0.39, 0.29) is 23.5 Å². The number of carbonyl (C=O) groups is 3. The number of amides is 3. The van der Waals surface area contributed by atoms with E-state index < -0.39 is 5.91 Å². The van der Waals surface area contributed by atoms with Crippen LogP contribution in [0.4, 0.5) is 15.9 Å². The Morgan fingerprint density at radius 1 is 0.897 bits per heavy atom. The highest BCUT2D eigenvalue weighted by Crippen LogP contribution is 2.30. The number of aromatic nitrogens is 2. The van der Waals surface area contributed by atoms with Gasteiger partial charge < -0.3 is 16.0 Å². The summed E-state index contributed by atoms with van der Waals surface area (Å²) in [5.74, 6) is -0.229. The molecule has 1 aromatic carbocycles. The van der Waals surface area contributed by atoms with Crippen molar-refractivity contribution in [3.05, 3.63) is 83.6 Å². The van der Waals surface area contributed by atoms with Crippen LogP contribution in [0.5, 0.6) is 0 Å². The van der Waals surface area contributed by atoms with E-state index in [0.717, 1.165) is 50.9 Å². The van der Waals surface area contributed by atoms with E-state index in [1.807, 2.05) is 12.1 Å². The third-order valence-corrected chi connectivity index (χ3v) is 7.06. The standard InChI is InChI=1S/C29H31FN6O3/c30-24-5-1-20(2-6-24)18-36-11-8-19(9-12-36)15-33-27(37)23-13-25(17-31-16-23)34-29(39)22-7-10-32-26(14-22)35-28(38)21-3-4-21/h1-2,5-7,10,13-14,16-17,19,21H,3-4,8-9,11-12,15,18H2,(H,33,37)(H,34,39)(H,32,35,38). The van der Waals surface area contributed by atoms with Crippen LogP contribution in [0.1, 0.15) is 52.0 Å². The van der Waals surface area contributed by atoms with E-state index in [9.17, 15) is 18.8 Å². The van der Waals surface area contributed by atoms with Crippen molar-refractivity contribution >= 4 is 29.2 Å². The highest BCUT2D eigenvalue weighted by atomic mass is 19.1. The predicted molar refractivity (Wildman–Crippen MR) is 145 cm³/mol. The van der Waals surface area contributed by atoms with Gasteiger partial charge in [0.2, 0.25) is 5.91 Å². The molecule has 39 heavy (non-hydrogen) atoms. The Morgan fingerprint density at radius 2 is 1.67 bits per heavy atom. The molecule has 9 nitrogen and oxygen atoms in total. The van der Waals surface area contributed by atoms with Crippen LogP contribution in [0.15, 0.2) is 61.1 Å². The molecule has 2 aliphatic rings. The maximum Gasteiger partial charge on any atom is 0.255 e. The van der Waals surface area contributed by atoms with Crippen LogP contribution in [0.25, 0.3) is 0 Å². The van der Waals surface area contributed by atoms with Crippen molar-refractivity contribution in [2.75, 3.05) is 30.3 Å². The molecule has 2 fully saturated rings. The molecule has 5 rings (SSSR count). The van der Waals surface area contributed by atoms with E-state index in [1.54, 1.807) is 12.1 Å². The second kappa shape index (κ2) is 12.1. The largest absolute Gasteiger partial charge is 0.352 e. The number of carbonyl (C=O) groups excluding carboxylic acids is 3. The van der Waals surface area contributed by atoms with Crippen molar-refractivity contribution in [1.82, 2.24) is 20.2 Å². The van der Waals surface area contributed by atoms with Crippen molar-refractivity contribution in [1.29, 1.82) is 0 Å². The molecule has 0 atom stereocenters. The summed E-state index contributed by atoms with van der Waals surface area (Å²) in [5.41, 5.74) is 2.17. The smallest absolute Gasteiger partial charge is 0.255 e. The number of nitrogens with one attached hydrogen (secondary N) is 3. The molecule has 3 aromatic rings. The number of hydrogen-bond donors (Lipinski definition) is 3. The van der Waals surface area contributed by atoms with Crippen LogP contribution < -0.4 is 16.0 Å². The molecule has 0 unspecified atom stereocenters. The molecule has 1 saturated heterocycles. The zero-order valence-corrected chi connectivity index (χ0v) is 21.5. The number of nitrogens with zero attached hydrogens (tertiary/aromatic N) is 3. The first-order chi connectivity index (χ1) is 18.9. The van der Waals surface area contributed by atoms with Crippen molar-refractivity contribution in [3.8, 4) is 0 Å². The van der Waals surface area contributed by atoms with Crippen molar-refractivity contribution < 1.29 is 18.8 Å². The topological polar surface area (TPSA) is 116 Å². The van der Waals surface area contributed by atoms with Gasteiger partial charge in [-0.1, -0.05) is 12.1 Å². The lowest BCUT2D eigenvalue weighted by atomic mass is 9.96. The highest BCUT2D eigenvalue weighted by Gasteiger charge is 2.30. The van der Waals surface area contributed by atoms with Crippen molar-refractivity contribution in [2.24, 2.45) is 11.8 Å². The van der Waals surface area contributed by atoms with Gasteiger partial charge in [0.25, 0.3) is 11.8 Å². The summed E-state index contributed by atoms with van der Waals surface area (Å²) in [5, 5.41) is 8.48. The van der Waals surface area contributed by atoms with Crippen LogP contribution in [-0.4, -0.2) is 52.2 Å². The summed E-state index contributed by atoms with van der Waals surface area (Å²) in [7, 11) is 0. The van der Waals surface area contributed by atoms with Crippen LogP contribution in [0.2, 0.25) is 0 Å². The number of hydrogen-bond acceptors (Lipinski definition) is 6. The molecule has 2 aromatic heterocycles. The number of anilines is 2. The first-order valence-electron chi connectivity index (χ1n) is 13.2. The first-order valence-corrected chi connectivity index (χ1v) is 13.2. The predicted octanol–water partition coefficient (Wildman–Crippen LogP) is 3.86. The van der Waals surface area contributed by atoms with Gasteiger partial charge in [0.1, 0.15) is 11.6 Å². The van der Waals surface area contributed by atoms with Gasteiger partial charge in [-0.15, -0.1) is 0 Å². The average molecular weight is 531 g/mol. The van der Waals surface area contributed by atoms with E-state index in [4.69, 9.17) is 0 Å². The van der Waals surface area contributed by atoms with Crippen LogP contribution in [-0.2, 0) is 11.3 Å². The Kier molecular flexibility index (Phi) is 8.21. The summed E-state index contributed by atoms with van der Waals surface area (Å²) < 4.78 is 13.1. The third-order valence-electron chi connectivity index (χ3n) is 7.06. The molecular weight excluding hydrogens is 499 g/mol. The molecule has 0 bridgehead atoms. The fourth-order valence-corrected chi connectivity index (χ4v) is 4.59. The molecular formula is C29H31FN6O3. The molecule has 3 heterocycles. The second-order valence-corrected chi connectivity index (χ2v) is 10.2. The average Bonchev–Trinajstić information content (AvgIpc) is 3.80. The monoisotopic (exact) mass is 530 g/mol. The molecule has 1 aliphatic carbocycles. The molecule has 0 radical (unpaired) electrons. The minimum atomic E-state index is -0.397. The normalized spacial score (nSPS) is 15.9. The number of benzene rings is 1. The minimum absolute atomic E-state index is 0.0323. The van der Waals surface area contributed by atoms with Gasteiger partial charge >= 0.3 is 0 Å². The molecule has 3 amide bonds. The Hall–Kier alpha value is -4.18. The number of piperidine rings is 1. The lowest BCUT2D eigenvalue weighted by molar-refractivity contribution is -0.117. The van der Waals surface area contributed by atoms with Gasteiger partial charge in [-0.3, -0.25) is 24.3 Å². The van der Waals surface area contributed by atoms with E-state index in [0.29, 0.717) is 35.1 Å². The van der Waals surface area contributed by atoms with E-state index in [2.05, 4.69) is 30.8 Å². The lowest BCUT2D eigenvalue weighted by Gasteiger charge is -2.32. The minimum Gasteiger partial charge on any atom is -0.352 e. The molecule has 202 valence electrons. The second-order valence-electron chi connectivity index (χ2n) is 10.2. The third kappa shape index (κ3) is 7.44. The van der Waals surface area contributed by atoms with Gasteiger partial charge in [-0.2, -0.15) is 0 Å². The summed E-state index contributed by atoms with van der Waals surface area (Å²) in [6.45, 7) is 3.19. The molecule has 10 heteroatoms. The number of halogens is 1. The summed E-state index contributed by atoms with van der Waals surface area (Å²) in [6.07, 6.45) is 8.08. The van der Waals surface area contributed by atoms with Gasteiger partial charge in [0, 0.05) is 37.0 Å². The van der Waals surface area contributed by atoms with Crippen LogP contribution in [0, 0.1) is 17.7 Å². The number of rotatable bonds is 9. The molecule has 1 saturated carbocycles. The fraction of sp³-hybridized carbons (Fsp3) is 0.345. The van der Waals surface area contributed by atoms with E-state index >= 15 is 0 Å². The summed E-state index contributed by atoms with van der Waals surface area (Å²) in [4.78, 5) is 48.1. The van der Waals surface area contributed by atoms with Crippen molar-refractivity contribution in [2.45, 2.75) is 32.2 Å². The first kappa shape index (κ1) is 26.4. The lowest BCUT2D eigenvalue weighted by Crippen LogP contribution is -2.38. The Balaban J connectivity index is 1.09. The van der Waals surface area contributed by atoms with Gasteiger partial charge in [-0.05, 0) is 80.6 Å². The summed E-state index contributed by atoms with van der Waals surface area (Å²) in [6, 6.07) is 11.3. The molecule has 1 aliphatic heterocycles. The number of pyridine rings is 2. The van der Waals surface area contributed by atoms with Crippen molar-refractivity contribution in [3.63, 3.8) is 0 Å². The Labute approximate surface area is 226 Å². The maximum absolute atomic E-state index is 13.1. The van der Waals surface area contributed by atoms with Gasteiger partial charge in [-0.25, -0.2) is 9.37 Å². The maximum atomic E-state index is 13.1. The zero-order chi connectivity index (χ0) is 27.2. The quantitative estimate of drug-likeness (QED) is 0.387. The fourth-order valence-electron chi connectivity index (χ4n) is 4.59. The highest BCUT2D eigenvalue weighted by molar-refractivity contribution is 6.05. The number of likely N-dealkylation sites (tertiary alicyclic amines) is 1. The Morgan fingerprint density at radius 3 is 2.41 bits per heavy atom. The Bertz CT molecular complexity index is 1340. The molecule has 0 spiro atoms.